The van der Waals surface area contributed by atoms with E-state index in [1.165, 1.54) is 12.1 Å². The average Bonchev–Trinajstić information content (AvgIpc) is 2.81. The monoisotopic (exact) mass is 418 g/mol. The predicted octanol–water partition coefficient (Wildman–Crippen LogP) is 5.99. The first-order valence-electron chi connectivity index (χ1n) is 10.3. The number of nitro benzene ring substituents is 1. The normalized spacial score (nSPS) is 10.5. The minimum absolute atomic E-state index is 0.0391. The number of amides is 1. The van der Waals surface area contributed by atoms with Crippen LogP contribution in [0.1, 0.15) is 31.7 Å². The van der Waals surface area contributed by atoms with E-state index in [2.05, 4.69) is 0 Å². The molecule has 0 aliphatic rings. The zero-order chi connectivity index (χ0) is 22.2. The molecule has 6 nitrogen and oxygen atoms in total. The molecule has 0 aliphatic carbocycles. The maximum atomic E-state index is 13.0. The maximum Gasteiger partial charge on any atom is 0.271 e. The molecule has 0 saturated carbocycles. The Bertz CT molecular complexity index is 1050. The summed E-state index contributed by atoms with van der Waals surface area (Å²) in [4.78, 5) is 25.3. The largest absolute Gasteiger partial charge is 0.496 e. The summed E-state index contributed by atoms with van der Waals surface area (Å²) in [5.41, 5.74) is 3.36. The molecule has 1 amide bonds. The number of non-ortho nitro benzene ring substituents is 1. The fraction of sp³-hybridized carbons (Fsp3) is 0.240. The van der Waals surface area contributed by atoms with Gasteiger partial charge in [-0.05, 0) is 29.7 Å². The summed E-state index contributed by atoms with van der Waals surface area (Å²) in [7, 11) is 1.62. The van der Waals surface area contributed by atoms with E-state index in [-0.39, 0.29) is 11.6 Å². The Labute approximate surface area is 182 Å². The number of methoxy groups -OCH3 is 1. The molecule has 3 aromatic rings. The van der Waals surface area contributed by atoms with Crippen LogP contribution in [0.5, 0.6) is 5.75 Å². The van der Waals surface area contributed by atoms with Crippen molar-refractivity contribution in [2.45, 2.75) is 32.7 Å². The Morgan fingerprint density at radius 1 is 1.03 bits per heavy atom. The van der Waals surface area contributed by atoms with Crippen molar-refractivity contribution < 1.29 is 14.5 Å². The molecule has 3 aromatic carbocycles. The Hall–Kier alpha value is -3.67. The number of nitrogens with zero attached hydrogens (tertiary/aromatic N) is 2. The van der Waals surface area contributed by atoms with Gasteiger partial charge in [0.2, 0.25) is 5.91 Å². The summed E-state index contributed by atoms with van der Waals surface area (Å²) in [6.07, 6.45) is 2.05. The van der Waals surface area contributed by atoms with E-state index in [1.807, 2.05) is 55.5 Å². The zero-order valence-corrected chi connectivity index (χ0v) is 17.8. The molecule has 0 saturated heterocycles. The van der Waals surface area contributed by atoms with Crippen molar-refractivity contribution in [2.75, 3.05) is 12.0 Å². The van der Waals surface area contributed by atoms with Crippen LogP contribution in [0.25, 0.3) is 11.1 Å². The third kappa shape index (κ3) is 5.48. The molecule has 0 radical (unpaired) electrons. The number of hydrogen-bond acceptors (Lipinski definition) is 4. The van der Waals surface area contributed by atoms with Gasteiger partial charge in [0.1, 0.15) is 5.75 Å². The fourth-order valence-corrected chi connectivity index (χ4v) is 3.43. The van der Waals surface area contributed by atoms with Gasteiger partial charge in [-0.1, -0.05) is 61.9 Å². The Balaban J connectivity index is 1.94. The highest BCUT2D eigenvalue weighted by atomic mass is 16.6. The number of ether oxygens (including phenoxy) is 1. The Morgan fingerprint density at radius 2 is 1.81 bits per heavy atom. The van der Waals surface area contributed by atoms with E-state index in [9.17, 15) is 14.9 Å². The quantitative estimate of drug-likeness (QED) is 0.316. The molecule has 3 rings (SSSR count). The number of hydrogen-bond donors (Lipinski definition) is 0. The second kappa shape index (κ2) is 10.4. The smallest absolute Gasteiger partial charge is 0.271 e. The second-order valence-corrected chi connectivity index (χ2v) is 7.26. The number of carbonyl (C=O) groups is 1. The van der Waals surface area contributed by atoms with Crippen molar-refractivity contribution in [3.8, 4) is 16.9 Å². The van der Waals surface area contributed by atoms with Gasteiger partial charge >= 0.3 is 0 Å². The lowest BCUT2D eigenvalue weighted by molar-refractivity contribution is -0.384. The number of benzene rings is 3. The summed E-state index contributed by atoms with van der Waals surface area (Å²) in [6.45, 7) is 2.33. The molecule has 0 N–H and O–H groups in total. The van der Waals surface area contributed by atoms with E-state index >= 15 is 0 Å². The Kier molecular flexibility index (Phi) is 7.38. The summed E-state index contributed by atoms with van der Waals surface area (Å²) >= 11 is 0. The van der Waals surface area contributed by atoms with Crippen LogP contribution in [0.15, 0.2) is 72.8 Å². The lowest BCUT2D eigenvalue weighted by atomic mass is 10.0. The van der Waals surface area contributed by atoms with Crippen LogP contribution in [0, 0.1) is 10.1 Å². The minimum Gasteiger partial charge on any atom is -0.496 e. The third-order valence-electron chi connectivity index (χ3n) is 5.09. The first-order valence-corrected chi connectivity index (χ1v) is 10.3. The van der Waals surface area contributed by atoms with Crippen LogP contribution >= 0.6 is 0 Å². The topological polar surface area (TPSA) is 72.7 Å². The summed E-state index contributed by atoms with van der Waals surface area (Å²) < 4.78 is 5.61. The van der Waals surface area contributed by atoms with Gasteiger partial charge in [-0.25, -0.2) is 0 Å². The van der Waals surface area contributed by atoms with Gasteiger partial charge in [-0.2, -0.15) is 0 Å². The van der Waals surface area contributed by atoms with Crippen LogP contribution in [0.3, 0.4) is 0 Å². The molecule has 0 bridgehead atoms. The molecule has 6 heteroatoms. The van der Waals surface area contributed by atoms with Crippen LogP contribution in [0.2, 0.25) is 0 Å². The van der Waals surface area contributed by atoms with Crippen LogP contribution in [-0.2, 0) is 11.3 Å². The SMILES string of the molecule is CCCCC(=O)N(Cc1ccc(-c2ccccc2)c(OC)c1)c1cccc([N+](=O)[O-])c1. The van der Waals surface area contributed by atoms with E-state index in [0.29, 0.717) is 24.4 Å². The number of anilines is 1. The molecule has 0 spiro atoms. The zero-order valence-electron chi connectivity index (χ0n) is 17.8. The molecule has 0 aliphatic heterocycles. The maximum absolute atomic E-state index is 13.0. The van der Waals surface area contributed by atoms with Gasteiger partial charge in [0.15, 0.2) is 0 Å². The van der Waals surface area contributed by atoms with Crippen molar-refractivity contribution in [3.63, 3.8) is 0 Å². The van der Waals surface area contributed by atoms with Gasteiger partial charge in [0, 0.05) is 24.1 Å². The van der Waals surface area contributed by atoms with E-state index in [1.54, 1.807) is 24.1 Å². The van der Waals surface area contributed by atoms with E-state index < -0.39 is 4.92 Å². The summed E-state index contributed by atoms with van der Waals surface area (Å²) in [5, 5.41) is 11.2. The highest BCUT2D eigenvalue weighted by Gasteiger charge is 2.19. The predicted molar refractivity (Wildman–Crippen MR) is 122 cm³/mol. The average molecular weight is 418 g/mol. The Morgan fingerprint density at radius 3 is 2.48 bits per heavy atom. The van der Waals surface area contributed by atoms with Crippen LogP contribution < -0.4 is 9.64 Å². The van der Waals surface area contributed by atoms with Gasteiger partial charge in [0.05, 0.1) is 24.3 Å². The number of carbonyl (C=O) groups excluding carboxylic acids is 1. The first-order chi connectivity index (χ1) is 15.0. The summed E-state index contributed by atoms with van der Waals surface area (Å²) in [6, 6.07) is 22.0. The van der Waals surface area contributed by atoms with Crippen LogP contribution in [-0.4, -0.2) is 17.9 Å². The van der Waals surface area contributed by atoms with Crippen LogP contribution in [0.4, 0.5) is 11.4 Å². The molecule has 0 atom stereocenters. The van der Waals surface area contributed by atoms with E-state index in [0.717, 1.165) is 29.5 Å². The highest BCUT2D eigenvalue weighted by Crippen LogP contribution is 2.32. The van der Waals surface area contributed by atoms with Crippen molar-refractivity contribution >= 4 is 17.3 Å². The molecule has 0 unspecified atom stereocenters. The van der Waals surface area contributed by atoms with Crippen molar-refractivity contribution in [1.29, 1.82) is 0 Å². The van der Waals surface area contributed by atoms with E-state index in [4.69, 9.17) is 4.74 Å². The fourth-order valence-electron chi connectivity index (χ4n) is 3.43. The standard InChI is InChI=1S/C25H26N2O4/c1-3-4-13-25(28)26(21-11-8-12-22(17-21)27(29)30)18-19-14-15-23(24(16-19)31-2)20-9-6-5-7-10-20/h5-12,14-17H,3-4,13,18H2,1-2H3. The molecule has 0 heterocycles. The third-order valence-corrected chi connectivity index (χ3v) is 5.09. The van der Waals surface area contributed by atoms with Crippen molar-refractivity contribution in [1.82, 2.24) is 0 Å². The number of unbranched alkanes of at least 4 members (excludes halogenated alkanes) is 1. The molecular formula is C25H26N2O4. The van der Waals surface area contributed by atoms with Gasteiger partial charge in [0.25, 0.3) is 5.69 Å². The van der Waals surface area contributed by atoms with Gasteiger partial charge in [-0.3, -0.25) is 14.9 Å². The minimum atomic E-state index is -0.449. The second-order valence-electron chi connectivity index (χ2n) is 7.26. The van der Waals surface area contributed by atoms with Gasteiger partial charge in [-0.15, -0.1) is 0 Å². The molecule has 0 aromatic heterocycles. The lowest BCUT2D eigenvalue weighted by Crippen LogP contribution is -2.30. The molecular weight excluding hydrogens is 392 g/mol. The lowest BCUT2D eigenvalue weighted by Gasteiger charge is -2.23. The first kappa shape index (κ1) is 22.0. The number of nitro groups is 1. The molecule has 31 heavy (non-hydrogen) atoms. The number of rotatable bonds is 9. The van der Waals surface area contributed by atoms with Gasteiger partial charge < -0.3 is 9.64 Å². The van der Waals surface area contributed by atoms with Crippen molar-refractivity contribution in [3.05, 3.63) is 88.5 Å². The summed E-state index contributed by atoms with van der Waals surface area (Å²) in [5.74, 6) is 0.650. The highest BCUT2D eigenvalue weighted by molar-refractivity contribution is 5.93. The molecule has 160 valence electrons. The molecule has 0 fully saturated rings. The van der Waals surface area contributed by atoms with Crippen molar-refractivity contribution in [2.24, 2.45) is 0 Å².